The Kier molecular flexibility index (Phi) is 9.85. The number of carboxylic acid groups (broad SMARTS) is 1. The molecular weight excluding hydrogens is 548 g/mol. The van der Waals surface area contributed by atoms with Gasteiger partial charge < -0.3 is 30.5 Å². The van der Waals surface area contributed by atoms with Crippen LogP contribution in [0.15, 0.2) is 72.8 Å². The Bertz CT molecular complexity index is 1430. The number of aliphatic carboxylic acids is 1. The molecule has 43 heavy (non-hydrogen) atoms. The van der Waals surface area contributed by atoms with Gasteiger partial charge in [-0.1, -0.05) is 63.2 Å². The van der Waals surface area contributed by atoms with Gasteiger partial charge in [-0.25, -0.2) is 4.79 Å². The largest absolute Gasteiger partial charge is 0.479 e. The van der Waals surface area contributed by atoms with Crippen LogP contribution >= 0.6 is 0 Å². The van der Waals surface area contributed by atoms with Gasteiger partial charge in [0.2, 0.25) is 11.5 Å². The normalized spacial score (nSPS) is 15.4. The Morgan fingerprint density at radius 2 is 1.44 bits per heavy atom. The van der Waals surface area contributed by atoms with Crippen LogP contribution in [-0.2, 0) is 19.9 Å². The van der Waals surface area contributed by atoms with Crippen LogP contribution in [-0.4, -0.2) is 79.3 Å². The summed E-state index contributed by atoms with van der Waals surface area (Å²) < 4.78 is 5.21. The Hall–Kier alpha value is -4.25. The number of piperazine rings is 1. The highest BCUT2D eigenvalue weighted by Crippen LogP contribution is 2.32. The number of amides is 2. The minimum atomic E-state index is -2.25. The standard InChI is InChI=1S/C33H40N4O6/c1-32(2,3)30(39)35-26-14-15-28(37-18-16-36(17-19-37)20-21-43-4)27(22-26)29(38)34-25-12-10-24(11-13-25)33(42,31(40)41)23-8-6-5-7-9-23/h5-15,22,42H,16-21H2,1-4H3,(H,34,38)(H,35,39)(H,40,41). The fourth-order valence-corrected chi connectivity index (χ4v) is 4.91. The average molecular weight is 589 g/mol. The summed E-state index contributed by atoms with van der Waals surface area (Å²) in [5, 5.41) is 26.8. The van der Waals surface area contributed by atoms with Crippen molar-refractivity contribution < 1.29 is 29.3 Å². The molecule has 0 saturated carbocycles. The van der Waals surface area contributed by atoms with Crippen LogP contribution in [0, 0.1) is 5.41 Å². The van der Waals surface area contributed by atoms with E-state index in [2.05, 4.69) is 20.4 Å². The van der Waals surface area contributed by atoms with Crippen LogP contribution in [0.25, 0.3) is 0 Å². The summed E-state index contributed by atoms with van der Waals surface area (Å²) in [7, 11) is 1.68. The number of hydrogen-bond acceptors (Lipinski definition) is 7. The fraction of sp³-hybridized carbons (Fsp3) is 0.364. The number of carbonyl (C=O) groups excluding carboxylic acids is 2. The van der Waals surface area contributed by atoms with Crippen molar-refractivity contribution in [2.75, 3.05) is 62.0 Å². The number of nitrogens with one attached hydrogen (secondary N) is 2. The number of hydrogen-bond donors (Lipinski definition) is 4. The molecule has 4 rings (SSSR count). The van der Waals surface area contributed by atoms with Crippen molar-refractivity contribution in [1.82, 2.24) is 4.90 Å². The monoisotopic (exact) mass is 588 g/mol. The molecular formula is C33H40N4O6. The van der Waals surface area contributed by atoms with Crippen LogP contribution in [0.5, 0.6) is 0 Å². The second kappa shape index (κ2) is 13.4. The highest BCUT2D eigenvalue weighted by atomic mass is 16.5. The molecule has 1 heterocycles. The molecule has 228 valence electrons. The van der Waals surface area contributed by atoms with Crippen molar-refractivity contribution in [3.8, 4) is 0 Å². The molecule has 0 spiro atoms. The Balaban J connectivity index is 1.59. The molecule has 1 saturated heterocycles. The lowest BCUT2D eigenvalue weighted by molar-refractivity contribution is -0.155. The second-order valence-electron chi connectivity index (χ2n) is 11.7. The Morgan fingerprint density at radius 3 is 2.02 bits per heavy atom. The second-order valence-corrected chi connectivity index (χ2v) is 11.7. The molecule has 1 aliphatic rings. The number of methoxy groups -OCH3 is 1. The third-order valence-corrected chi connectivity index (χ3v) is 7.57. The molecule has 0 radical (unpaired) electrons. The summed E-state index contributed by atoms with van der Waals surface area (Å²) in [6.45, 7) is 10.0. The molecule has 1 aliphatic heterocycles. The molecule has 0 aliphatic carbocycles. The first-order valence-electron chi connectivity index (χ1n) is 14.3. The Labute approximate surface area is 252 Å². The maximum atomic E-state index is 13.7. The van der Waals surface area contributed by atoms with Crippen molar-refractivity contribution in [3.63, 3.8) is 0 Å². The summed E-state index contributed by atoms with van der Waals surface area (Å²) >= 11 is 0. The minimum Gasteiger partial charge on any atom is -0.479 e. The number of ether oxygens (including phenoxy) is 1. The van der Waals surface area contributed by atoms with Crippen molar-refractivity contribution in [2.24, 2.45) is 5.41 Å². The average Bonchev–Trinajstić information content (AvgIpc) is 3.00. The van der Waals surface area contributed by atoms with Crippen LogP contribution in [0.3, 0.4) is 0 Å². The van der Waals surface area contributed by atoms with Crippen LogP contribution in [0.2, 0.25) is 0 Å². The van der Waals surface area contributed by atoms with Gasteiger partial charge in [0, 0.05) is 62.3 Å². The molecule has 1 atom stereocenters. The molecule has 3 aromatic rings. The highest BCUT2D eigenvalue weighted by Gasteiger charge is 2.40. The zero-order chi connectivity index (χ0) is 31.2. The summed E-state index contributed by atoms with van der Waals surface area (Å²) in [5.74, 6) is -1.96. The van der Waals surface area contributed by atoms with Crippen molar-refractivity contribution >= 4 is 34.8 Å². The van der Waals surface area contributed by atoms with Gasteiger partial charge in [-0.3, -0.25) is 14.5 Å². The first-order chi connectivity index (χ1) is 20.4. The van der Waals surface area contributed by atoms with Crippen molar-refractivity contribution in [2.45, 2.75) is 26.4 Å². The van der Waals surface area contributed by atoms with E-state index in [1.807, 2.05) is 26.8 Å². The molecule has 1 unspecified atom stereocenters. The predicted molar refractivity (Wildman–Crippen MR) is 167 cm³/mol. The predicted octanol–water partition coefficient (Wildman–Crippen LogP) is 4.01. The smallest absolute Gasteiger partial charge is 0.345 e. The number of benzene rings is 3. The molecule has 0 aromatic heterocycles. The van der Waals surface area contributed by atoms with Crippen LogP contribution in [0.1, 0.15) is 42.3 Å². The first kappa shape index (κ1) is 31.7. The maximum absolute atomic E-state index is 13.7. The molecule has 4 N–H and O–H groups in total. The van der Waals surface area contributed by atoms with Gasteiger partial charge >= 0.3 is 5.97 Å². The van der Waals surface area contributed by atoms with E-state index < -0.39 is 17.0 Å². The van der Waals surface area contributed by atoms with E-state index in [1.165, 1.54) is 12.1 Å². The van der Waals surface area contributed by atoms with Gasteiger partial charge in [-0.15, -0.1) is 0 Å². The zero-order valence-corrected chi connectivity index (χ0v) is 25.1. The zero-order valence-electron chi connectivity index (χ0n) is 25.1. The van der Waals surface area contributed by atoms with Gasteiger partial charge in [-0.2, -0.15) is 0 Å². The van der Waals surface area contributed by atoms with Crippen molar-refractivity contribution in [3.05, 3.63) is 89.5 Å². The molecule has 1 fully saturated rings. The molecule has 2 amide bonds. The third kappa shape index (κ3) is 7.40. The number of aliphatic hydroxyl groups is 1. The summed E-state index contributed by atoms with van der Waals surface area (Å²) in [5.41, 5.74) is -0.401. The molecule has 0 bridgehead atoms. The number of carbonyl (C=O) groups is 3. The van der Waals surface area contributed by atoms with Crippen LogP contribution in [0.4, 0.5) is 17.1 Å². The molecule has 3 aromatic carbocycles. The molecule has 10 heteroatoms. The topological polar surface area (TPSA) is 131 Å². The summed E-state index contributed by atoms with van der Waals surface area (Å²) in [6.07, 6.45) is 0. The SMILES string of the molecule is COCCN1CCN(c2ccc(NC(=O)C(C)(C)C)cc2C(=O)Nc2ccc(C(O)(C(=O)O)c3ccccc3)cc2)CC1. The Morgan fingerprint density at radius 1 is 0.837 bits per heavy atom. The van der Waals surface area contributed by atoms with Gasteiger partial charge in [-0.05, 0) is 41.5 Å². The van der Waals surface area contributed by atoms with E-state index in [9.17, 15) is 24.6 Å². The highest BCUT2D eigenvalue weighted by molar-refractivity contribution is 6.09. The first-order valence-corrected chi connectivity index (χ1v) is 14.3. The maximum Gasteiger partial charge on any atom is 0.345 e. The summed E-state index contributed by atoms with van der Waals surface area (Å²) in [6, 6.07) is 19.6. The van der Waals surface area contributed by atoms with E-state index >= 15 is 0 Å². The lowest BCUT2D eigenvalue weighted by Crippen LogP contribution is -2.47. The lowest BCUT2D eigenvalue weighted by atomic mass is 9.86. The molecule has 10 nitrogen and oxygen atoms in total. The van der Waals surface area contributed by atoms with E-state index in [4.69, 9.17) is 4.74 Å². The number of nitrogens with zero attached hydrogens (tertiary/aromatic N) is 2. The van der Waals surface area contributed by atoms with E-state index in [0.717, 1.165) is 38.4 Å². The van der Waals surface area contributed by atoms with Gasteiger partial charge in [0.05, 0.1) is 12.2 Å². The lowest BCUT2D eigenvalue weighted by Gasteiger charge is -2.36. The summed E-state index contributed by atoms with van der Waals surface area (Å²) in [4.78, 5) is 43.0. The van der Waals surface area contributed by atoms with Gasteiger partial charge in [0.1, 0.15) is 0 Å². The number of rotatable bonds is 10. The number of carboxylic acids is 1. The van der Waals surface area contributed by atoms with E-state index in [1.54, 1.807) is 61.7 Å². The van der Waals surface area contributed by atoms with Crippen molar-refractivity contribution in [1.29, 1.82) is 0 Å². The fourth-order valence-electron chi connectivity index (χ4n) is 4.91. The van der Waals surface area contributed by atoms with Gasteiger partial charge in [0.25, 0.3) is 5.91 Å². The quantitative estimate of drug-likeness (QED) is 0.280. The third-order valence-electron chi connectivity index (χ3n) is 7.57. The van der Waals surface area contributed by atoms with Crippen LogP contribution < -0.4 is 15.5 Å². The minimum absolute atomic E-state index is 0.156. The van der Waals surface area contributed by atoms with E-state index in [0.29, 0.717) is 23.5 Å². The van der Waals surface area contributed by atoms with Gasteiger partial charge in [0.15, 0.2) is 0 Å². The van der Waals surface area contributed by atoms with E-state index in [-0.39, 0.29) is 22.9 Å². The number of anilines is 3.